The van der Waals surface area contributed by atoms with Gasteiger partial charge in [0, 0.05) is 55.3 Å². The molecule has 7 nitrogen and oxygen atoms in total. The molecule has 2 aromatic carbocycles. The van der Waals surface area contributed by atoms with Crippen molar-refractivity contribution < 1.29 is 17.9 Å². The zero-order valence-corrected chi connectivity index (χ0v) is 18.6. The number of benzene rings is 2. The van der Waals surface area contributed by atoms with Crippen molar-refractivity contribution in [1.29, 1.82) is 0 Å². The molecule has 9 heteroatoms. The number of sulfonamides is 1. The van der Waals surface area contributed by atoms with Gasteiger partial charge in [0.15, 0.2) is 0 Å². The number of aryl methyl sites for hydroxylation is 1. The first-order valence-corrected chi connectivity index (χ1v) is 11.9. The molecule has 1 saturated heterocycles. The molecule has 1 fully saturated rings. The van der Waals surface area contributed by atoms with Crippen molar-refractivity contribution in [2.75, 3.05) is 26.2 Å². The average molecular weight is 463 g/mol. The molecule has 0 atom stereocenters. The summed E-state index contributed by atoms with van der Waals surface area (Å²) in [6, 6.07) is 11.0. The molecule has 0 aliphatic carbocycles. The second-order valence-corrected chi connectivity index (χ2v) is 9.93. The zero-order chi connectivity index (χ0) is 22.2. The van der Waals surface area contributed by atoms with Crippen molar-refractivity contribution in [3.05, 3.63) is 69.0 Å². The minimum atomic E-state index is -3.57. The van der Waals surface area contributed by atoms with Gasteiger partial charge in [-0.25, -0.2) is 13.2 Å². The largest absolute Gasteiger partial charge is 0.508 e. The van der Waals surface area contributed by atoms with Crippen molar-refractivity contribution in [3.8, 4) is 5.75 Å². The van der Waals surface area contributed by atoms with E-state index in [-0.39, 0.29) is 10.6 Å². The van der Waals surface area contributed by atoms with Crippen LogP contribution in [0.4, 0.5) is 0 Å². The first kappa shape index (κ1) is 21.8. The van der Waals surface area contributed by atoms with E-state index in [1.165, 1.54) is 28.6 Å². The van der Waals surface area contributed by atoms with Gasteiger partial charge in [-0.05, 0) is 47.9 Å². The van der Waals surface area contributed by atoms with Crippen LogP contribution in [0.3, 0.4) is 0 Å². The monoisotopic (exact) mass is 462 g/mol. The normalized spacial score (nSPS) is 16.1. The number of hydrogen-bond acceptors (Lipinski definition) is 6. The van der Waals surface area contributed by atoms with Crippen LogP contribution in [0.15, 0.2) is 56.6 Å². The topological polar surface area (TPSA) is 91.1 Å². The van der Waals surface area contributed by atoms with Gasteiger partial charge in [0.25, 0.3) is 0 Å². The van der Waals surface area contributed by atoms with Gasteiger partial charge in [0.05, 0.1) is 4.90 Å². The predicted octanol–water partition coefficient (Wildman–Crippen LogP) is 3.22. The SMILES string of the molecule is CCc1cc2c(CN3CCN(S(=O)(=O)c4ccc(Cl)cc4)CC3)cc(=O)oc2cc1O. The van der Waals surface area contributed by atoms with Crippen LogP contribution < -0.4 is 5.63 Å². The number of piperazine rings is 1. The maximum atomic E-state index is 12.9. The highest BCUT2D eigenvalue weighted by Gasteiger charge is 2.28. The molecule has 4 rings (SSSR count). The number of fused-ring (bicyclic) bond motifs is 1. The summed E-state index contributed by atoms with van der Waals surface area (Å²) in [4.78, 5) is 14.3. The van der Waals surface area contributed by atoms with E-state index in [0.717, 1.165) is 16.5 Å². The van der Waals surface area contributed by atoms with Gasteiger partial charge >= 0.3 is 5.63 Å². The second kappa shape index (κ2) is 8.63. The van der Waals surface area contributed by atoms with E-state index in [4.69, 9.17) is 16.0 Å². The molecule has 1 N–H and O–H groups in total. The maximum Gasteiger partial charge on any atom is 0.336 e. The molecule has 31 heavy (non-hydrogen) atoms. The number of phenols is 1. The number of phenolic OH excluding ortho intramolecular Hbond substituents is 1. The summed E-state index contributed by atoms with van der Waals surface area (Å²) in [7, 11) is -3.57. The first-order valence-electron chi connectivity index (χ1n) is 10.0. The van der Waals surface area contributed by atoms with Crippen LogP contribution in [-0.4, -0.2) is 48.9 Å². The number of aromatic hydroxyl groups is 1. The summed E-state index contributed by atoms with van der Waals surface area (Å²) in [6.45, 7) is 4.21. The van der Waals surface area contributed by atoms with Crippen molar-refractivity contribution in [2.45, 2.75) is 24.8 Å². The van der Waals surface area contributed by atoms with E-state index >= 15 is 0 Å². The van der Waals surface area contributed by atoms with E-state index in [0.29, 0.717) is 49.8 Å². The molecule has 1 aliphatic rings. The van der Waals surface area contributed by atoms with Gasteiger partial charge < -0.3 is 9.52 Å². The highest BCUT2D eigenvalue weighted by Crippen LogP contribution is 2.28. The minimum Gasteiger partial charge on any atom is -0.508 e. The van der Waals surface area contributed by atoms with E-state index in [1.54, 1.807) is 12.1 Å². The van der Waals surface area contributed by atoms with Crippen molar-refractivity contribution in [1.82, 2.24) is 9.21 Å². The van der Waals surface area contributed by atoms with E-state index in [2.05, 4.69) is 4.90 Å². The highest BCUT2D eigenvalue weighted by atomic mass is 35.5. The molecule has 0 unspecified atom stereocenters. The summed E-state index contributed by atoms with van der Waals surface area (Å²) in [6.07, 6.45) is 0.654. The van der Waals surface area contributed by atoms with Crippen molar-refractivity contribution >= 4 is 32.6 Å². The Balaban J connectivity index is 1.52. The van der Waals surface area contributed by atoms with E-state index < -0.39 is 15.6 Å². The molecular weight excluding hydrogens is 440 g/mol. The molecular formula is C22H23ClN2O5S. The fourth-order valence-corrected chi connectivity index (χ4v) is 5.39. The number of hydrogen-bond donors (Lipinski definition) is 1. The fourth-order valence-electron chi connectivity index (χ4n) is 3.85. The van der Waals surface area contributed by atoms with E-state index in [9.17, 15) is 18.3 Å². The number of halogens is 1. The zero-order valence-electron chi connectivity index (χ0n) is 17.0. The summed E-state index contributed by atoms with van der Waals surface area (Å²) < 4.78 is 32.5. The van der Waals surface area contributed by atoms with Gasteiger partial charge in [0.2, 0.25) is 10.0 Å². The Morgan fingerprint density at radius 2 is 1.71 bits per heavy atom. The van der Waals surface area contributed by atoms with Gasteiger partial charge in [-0.1, -0.05) is 18.5 Å². The minimum absolute atomic E-state index is 0.108. The Morgan fingerprint density at radius 3 is 2.35 bits per heavy atom. The molecule has 1 aliphatic heterocycles. The molecule has 0 amide bonds. The Kier molecular flexibility index (Phi) is 6.07. The van der Waals surface area contributed by atoms with Crippen LogP contribution in [0.25, 0.3) is 11.0 Å². The molecule has 3 aromatic rings. The first-order chi connectivity index (χ1) is 14.8. The van der Waals surface area contributed by atoms with Crippen molar-refractivity contribution in [2.24, 2.45) is 0 Å². The van der Waals surface area contributed by atoms with Gasteiger partial charge in [-0.2, -0.15) is 4.31 Å². The smallest absolute Gasteiger partial charge is 0.336 e. The lowest BCUT2D eigenvalue weighted by Crippen LogP contribution is -2.48. The second-order valence-electron chi connectivity index (χ2n) is 7.56. The van der Waals surface area contributed by atoms with Crippen LogP contribution >= 0.6 is 11.6 Å². The molecule has 1 aromatic heterocycles. The van der Waals surface area contributed by atoms with Crippen LogP contribution in [0, 0.1) is 0 Å². The Morgan fingerprint density at radius 1 is 1.03 bits per heavy atom. The lowest BCUT2D eigenvalue weighted by molar-refractivity contribution is 0.182. The fraction of sp³-hybridized carbons (Fsp3) is 0.318. The third kappa shape index (κ3) is 4.48. The Bertz CT molecular complexity index is 1260. The molecule has 2 heterocycles. The van der Waals surface area contributed by atoms with Gasteiger partial charge in [-0.3, -0.25) is 4.90 Å². The Hall–Kier alpha value is -2.39. The lowest BCUT2D eigenvalue weighted by Gasteiger charge is -2.34. The lowest BCUT2D eigenvalue weighted by atomic mass is 10.0. The van der Waals surface area contributed by atoms with Crippen LogP contribution in [0.2, 0.25) is 5.02 Å². The average Bonchev–Trinajstić information content (AvgIpc) is 2.74. The number of nitrogens with zero attached hydrogens (tertiary/aromatic N) is 2. The quantitative estimate of drug-likeness (QED) is 0.585. The molecule has 164 valence electrons. The van der Waals surface area contributed by atoms with Crippen LogP contribution in [-0.2, 0) is 23.0 Å². The summed E-state index contributed by atoms with van der Waals surface area (Å²) in [5, 5.41) is 11.4. The predicted molar refractivity (Wildman–Crippen MR) is 119 cm³/mol. The standard InChI is InChI=1S/C22H23ClN2O5S/c1-2-15-11-19-16(12-22(27)30-21(19)13-20(15)26)14-24-7-9-25(10-8-24)31(28,29)18-5-3-17(23)4-6-18/h3-6,11-13,26H,2,7-10,14H2,1H3. The molecule has 0 spiro atoms. The van der Waals surface area contributed by atoms with Gasteiger partial charge in [-0.15, -0.1) is 0 Å². The van der Waals surface area contributed by atoms with Gasteiger partial charge in [0.1, 0.15) is 11.3 Å². The third-order valence-electron chi connectivity index (χ3n) is 5.59. The highest BCUT2D eigenvalue weighted by molar-refractivity contribution is 7.89. The summed E-state index contributed by atoms with van der Waals surface area (Å²) in [5.41, 5.74) is 1.45. The maximum absolute atomic E-state index is 12.9. The Labute approximate surface area is 185 Å². The van der Waals surface area contributed by atoms with Crippen molar-refractivity contribution in [3.63, 3.8) is 0 Å². The summed E-state index contributed by atoms with van der Waals surface area (Å²) in [5.74, 6) is 0.108. The molecule has 0 bridgehead atoms. The van der Waals surface area contributed by atoms with E-state index in [1.807, 2.05) is 13.0 Å². The third-order valence-corrected chi connectivity index (χ3v) is 7.75. The molecule has 0 saturated carbocycles. The van der Waals surface area contributed by atoms with Crippen LogP contribution in [0.1, 0.15) is 18.1 Å². The van der Waals surface area contributed by atoms with Crippen LogP contribution in [0.5, 0.6) is 5.75 Å². The molecule has 0 radical (unpaired) electrons. The number of rotatable bonds is 5. The summed E-state index contributed by atoms with van der Waals surface area (Å²) >= 11 is 5.87.